The van der Waals surface area contributed by atoms with Crippen molar-refractivity contribution in [1.82, 2.24) is 4.90 Å². The van der Waals surface area contributed by atoms with Crippen LogP contribution in [0.2, 0.25) is 0 Å². The summed E-state index contributed by atoms with van der Waals surface area (Å²) in [6.45, 7) is 5.08. The van der Waals surface area contributed by atoms with Crippen molar-refractivity contribution in [2.75, 3.05) is 25.1 Å². The zero-order chi connectivity index (χ0) is 17.9. The molecule has 0 aromatic heterocycles. The van der Waals surface area contributed by atoms with Crippen LogP contribution in [0.15, 0.2) is 24.3 Å². The van der Waals surface area contributed by atoms with Crippen molar-refractivity contribution in [3.63, 3.8) is 0 Å². The molecule has 4 rings (SSSR count). The number of carbonyl (C=O) groups excluding carboxylic acids is 1. The normalized spacial score (nSPS) is 30.6. The fourth-order valence-electron chi connectivity index (χ4n) is 5.10. The Hall–Kier alpha value is -1.39. The lowest BCUT2D eigenvalue weighted by Crippen LogP contribution is -2.35. The van der Waals surface area contributed by atoms with Crippen molar-refractivity contribution in [1.29, 1.82) is 0 Å². The number of rotatable bonds is 4. The van der Waals surface area contributed by atoms with Gasteiger partial charge in [0.2, 0.25) is 5.91 Å². The smallest absolute Gasteiger partial charge is 0.227 e. The van der Waals surface area contributed by atoms with E-state index in [1.54, 1.807) is 0 Å². The molecule has 2 aliphatic heterocycles. The number of nitrogens with one attached hydrogen (secondary N) is 1. The molecule has 3 aliphatic rings. The first-order valence-electron chi connectivity index (χ1n) is 10.4. The van der Waals surface area contributed by atoms with Crippen LogP contribution in [-0.4, -0.2) is 42.6 Å². The second-order valence-electron chi connectivity index (χ2n) is 8.39. The van der Waals surface area contributed by atoms with Gasteiger partial charge in [-0.15, -0.1) is 0 Å². The highest BCUT2D eigenvalue weighted by molar-refractivity contribution is 5.92. The number of nitrogens with zero attached hydrogens (tertiary/aromatic N) is 1. The number of amides is 1. The summed E-state index contributed by atoms with van der Waals surface area (Å²) in [5, 5.41) is 3.09. The Morgan fingerprint density at radius 3 is 2.54 bits per heavy atom. The van der Waals surface area contributed by atoms with E-state index >= 15 is 0 Å². The van der Waals surface area contributed by atoms with Gasteiger partial charge in [0.25, 0.3) is 0 Å². The largest absolute Gasteiger partial charge is 0.381 e. The molecule has 3 fully saturated rings. The van der Waals surface area contributed by atoms with Crippen LogP contribution in [0.5, 0.6) is 0 Å². The molecule has 142 valence electrons. The average molecular weight is 357 g/mol. The fraction of sp³-hybridized carbons (Fsp3) is 0.682. The highest BCUT2D eigenvalue weighted by Gasteiger charge is 2.34. The number of hydrogen-bond donors (Lipinski definition) is 1. The van der Waals surface area contributed by atoms with Crippen molar-refractivity contribution in [3.05, 3.63) is 29.8 Å². The number of carbonyl (C=O) groups is 1. The van der Waals surface area contributed by atoms with Gasteiger partial charge in [-0.2, -0.15) is 0 Å². The third-order valence-corrected chi connectivity index (χ3v) is 6.72. The minimum absolute atomic E-state index is 0.0986. The van der Waals surface area contributed by atoms with E-state index in [2.05, 4.69) is 41.4 Å². The van der Waals surface area contributed by atoms with Gasteiger partial charge in [0.05, 0.1) is 0 Å². The summed E-state index contributed by atoms with van der Waals surface area (Å²) in [5.74, 6) is 0.916. The summed E-state index contributed by atoms with van der Waals surface area (Å²) in [5.41, 5.74) is 2.36. The Balaban J connectivity index is 1.32. The molecule has 1 saturated carbocycles. The van der Waals surface area contributed by atoms with Crippen LogP contribution in [0.3, 0.4) is 0 Å². The standard InChI is InChI=1S/C22H32N2O2/c1-16-3-2-12-24(16)21-9-6-19(15-21)17-4-7-20(8-5-17)23-22(25)18-10-13-26-14-11-18/h4-5,7-8,16,18-19,21H,2-3,6,9-15H2,1H3,(H,23,25)/t16-,19-,21?/m0/s1. The second kappa shape index (κ2) is 8.10. The minimum atomic E-state index is 0.0986. The molecule has 1 amide bonds. The van der Waals surface area contributed by atoms with E-state index in [0.29, 0.717) is 19.1 Å². The summed E-state index contributed by atoms with van der Waals surface area (Å²) in [4.78, 5) is 15.1. The molecule has 1 aliphatic carbocycles. The Morgan fingerprint density at radius 2 is 1.85 bits per heavy atom. The van der Waals surface area contributed by atoms with Gasteiger partial charge >= 0.3 is 0 Å². The Morgan fingerprint density at radius 1 is 1.08 bits per heavy atom. The summed E-state index contributed by atoms with van der Waals surface area (Å²) < 4.78 is 5.34. The molecular formula is C22H32N2O2. The summed E-state index contributed by atoms with van der Waals surface area (Å²) in [6.07, 6.45) is 8.31. The lowest BCUT2D eigenvalue weighted by atomic mass is 9.96. The van der Waals surface area contributed by atoms with Crippen LogP contribution < -0.4 is 5.32 Å². The monoisotopic (exact) mass is 356 g/mol. The molecule has 0 bridgehead atoms. The van der Waals surface area contributed by atoms with E-state index < -0.39 is 0 Å². The highest BCUT2D eigenvalue weighted by Crippen LogP contribution is 2.39. The first-order chi connectivity index (χ1) is 12.7. The Kier molecular flexibility index (Phi) is 5.60. The van der Waals surface area contributed by atoms with E-state index in [4.69, 9.17) is 4.74 Å². The van der Waals surface area contributed by atoms with E-state index in [1.165, 1.54) is 44.2 Å². The molecule has 4 nitrogen and oxygen atoms in total. The molecule has 26 heavy (non-hydrogen) atoms. The molecule has 1 N–H and O–H groups in total. The minimum Gasteiger partial charge on any atom is -0.381 e. The van der Waals surface area contributed by atoms with Gasteiger partial charge in [0.1, 0.15) is 0 Å². The molecule has 0 radical (unpaired) electrons. The predicted octanol–water partition coefficient (Wildman–Crippen LogP) is 4.17. The van der Waals surface area contributed by atoms with Crippen molar-refractivity contribution in [2.45, 2.75) is 69.9 Å². The Labute approximate surface area is 157 Å². The maximum Gasteiger partial charge on any atom is 0.227 e. The van der Waals surface area contributed by atoms with Crippen LogP contribution in [0.4, 0.5) is 5.69 Å². The van der Waals surface area contributed by atoms with Gasteiger partial charge in [-0.1, -0.05) is 12.1 Å². The van der Waals surface area contributed by atoms with Gasteiger partial charge in [-0.05, 0) is 82.0 Å². The molecule has 1 aromatic rings. The first kappa shape index (κ1) is 18.0. The van der Waals surface area contributed by atoms with Gasteiger partial charge in [0, 0.05) is 36.9 Å². The van der Waals surface area contributed by atoms with Crippen molar-refractivity contribution in [3.8, 4) is 0 Å². The maximum atomic E-state index is 12.4. The van der Waals surface area contributed by atoms with Crippen molar-refractivity contribution >= 4 is 11.6 Å². The Bertz CT molecular complexity index is 609. The van der Waals surface area contributed by atoms with Crippen LogP contribution in [0.1, 0.15) is 63.4 Å². The van der Waals surface area contributed by atoms with Crippen molar-refractivity contribution < 1.29 is 9.53 Å². The third kappa shape index (κ3) is 3.96. The molecule has 3 atom stereocenters. The van der Waals surface area contributed by atoms with E-state index in [9.17, 15) is 4.79 Å². The third-order valence-electron chi connectivity index (χ3n) is 6.72. The van der Waals surface area contributed by atoms with E-state index in [0.717, 1.165) is 30.6 Å². The van der Waals surface area contributed by atoms with Crippen LogP contribution in [0.25, 0.3) is 0 Å². The number of benzene rings is 1. The number of anilines is 1. The predicted molar refractivity (Wildman–Crippen MR) is 104 cm³/mol. The van der Waals surface area contributed by atoms with Crippen molar-refractivity contribution in [2.24, 2.45) is 5.92 Å². The lowest BCUT2D eigenvalue weighted by Gasteiger charge is -2.28. The van der Waals surface area contributed by atoms with Gasteiger partial charge in [-0.25, -0.2) is 0 Å². The molecule has 1 unspecified atom stereocenters. The molecular weight excluding hydrogens is 324 g/mol. The quantitative estimate of drug-likeness (QED) is 0.880. The maximum absolute atomic E-state index is 12.4. The van der Waals surface area contributed by atoms with Crippen LogP contribution >= 0.6 is 0 Å². The highest BCUT2D eigenvalue weighted by atomic mass is 16.5. The zero-order valence-electron chi connectivity index (χ0n) is 16.0. The summed E-state index contributed by atoms with van der Waals surface area (Å²) in [6, 6.07) is 10.1. The van der Waals surface area contributed by atoms with Crippen LogP contribution in [-0.2, 0) is 9.53 Å². The topological polar surface area (TPSA) is 41.6 Å². The first-order valence-corrected chi connectivity index (χ1v) is 10.4. The number of ether oxygens (including phenoxy) is 1. The number of hydrogen-bond acceptors (Lipinski definition) is 3. The molecule has 2 heterocycles. The number of likely N-dealkylation sites (tertiary alicyclic amines) is 1. The lowest BCUT2D eigenvalue weighted by molar-refractivity contribution is -0.122. The average Bonchev–Trinajstić information content (AvgIpc) is 3.32. The molecule has 4 heteroatoms. The fourth-order valence-corrected chi connectivity index (χ4v) is 5.10. The van der Waals surface area contributed by atoms with Gasteiger partial charge in [0.15, 0.2) is 0 Å². The van der Waals surface area contributed by atoms with Gasteiger partial charge in [-0.3, -0.25) is 9.69 Å². The SMILES string of the molecule is C[C@H]1CCCN1C1CC[C@H](c2ccc(NC(=O)C3CCOCC3)cc2)C1. The summed E-state index contributed by atoms with van der Waals surface area (Å²) in [7, 11) is 0. The second-order valence-corrected chi connectivity index (χ2v) is 8.39. The van der Waals surface area contributed by atoms with E-state index in [1.807, 2.05) is 0 Å². The zero-order valence-corrected chi connectivity index (χ0v) is 16.0. The van der Waals surface area contributed by atoms with Gasteiger partial charge < -0.3 is 10.1 Å². The summed E-state index contributed by atoms with van der Waals surface area (Å²) >= 11 is 0. The molecule has 1 aromatic carbocycles. The molecule has 0 spiro atoms. The van der Waals surface area contributed by atoms with E-state index in [-0.39, 0.29) is 11.8 Å². The van der Waals surface area contributed by atoms with Crippen LogP contribution in [0, 0.1) is 5.92 Å². The molecule has 2 saturated heterocycles.